The van der Waals surface area contributed by atoms with Crippen molar-refractivity contribution in [2.75, 3.05) is 10.6 Å². The van der Waals surface area contributed by atoms with Gasteiger partial charge >= 0.3 is 0 Å². The third-order valence-electron chi connectivity index (χ3n) is 3.86. The molecule has 2 aromatic carbocycles. The minimum atomic E-state index is -0.249. The number of benzene rings is 2. The second-order valence-electron chi connectivity index (χ2n) is 6.07. The van der Waals surface area contributed by atoms with Crippen molar-refractivity contribution < 1.29 is 14.9 Å². The largest absolute Gasteiger partial charge is 0.330 e. The predicted octanol–water partition coefficient (Wildman–Crippen LogP) is 2.95. The van der Waals surface area contributed by atoms with Crippen molar-refractivity contribution >= 4 is 34.8 Å². The zero-order chi connectivity index (χ0) is 18.4. The van der Waals surface area contributed by atoms with Gasteiger partial charge in [-0.05, 0) is 50.2 Å². The molecule has 0 aliphatic heterocycles. The standard InChI is InChI=1S/C19H22ClN3O2/c1-12(15-4-6-16(20)7-5-15)21-13(2)19(25)23-18-10-8-17(9-11-18)22-14(3)24/h4-13,21H,1-3H3,(H,22,24)(H,23,25)/p+1/t12-,13-/m1/s1. The number of quaternary nitrogens is 1. The van der Waals surface area contributed by atoms with E-state index in [1.54, 1.807) is 24.3 Å². The molecule has 0 saturated heterocycles. The zero-order valence-corrected chi connectivity index (χ0v) is 15.3. The molecule has 6 heteroatoms. The lowest BCUT2D eigenvalue weighted by Crippen LogP contribution is -2.91. The first-order chi connectivity index (χ1) is 11.8. The van der Waals surface area contributed by atoms with Gasteiger partial charge in [0.2, 0.25) is 5.91 Å². The van der Waals surface area contributed by atoms with Crippen LogP contribution in [-0.4, -0.2) is 17.9 Å². The van der Waals surface area contributed by atoms with Crippen molar-refractivity contribution in [1.82, 2.24) is 0 Å². The number of amides is 2. The molecule has 2 amide bonds. The molecule has 5 nitrogen and oxygen atoms in total. The Morgan fingerprint density at radius 2 is 1.44 bits per heavy atom. The second-order valence-corrected chi connectivity index (χ2v) is 6.51. The van der Waals surface area contributed by atoms with Crippen molar-refractivity contribution in [1.29, 1.82) is 0 Å². The van der Waals surface area contributed by atoms with Crippen molar-refractivity contribution in [3.8, 4) is 0 Å². The Labute approximate surface area is 152 Å². The van der Waals surface area contributed by atoms with Crippen molar-refractivity contribution in [2.45, 2.75) is 32.9 Å². The smallest absolute Gasteiger partial charge is 0.282 e. The van der Waals surface area contributed by atoms with Gasteiger partial charge in [0, 0.05) is 28.9 Å². The first-order valence-corrected chi connectivity index (χ1v) is 8.52. The van der Waals surface area contributed by atoms with E-state index in [-0.39, 0.29) is 23.9 Å². The van der Waals surface area contributed by atoms with E-state index >= 15 is 0 Å². The second kappa shape index (κ2) is 8.65. The molecule has 0 fully saturated rings. The van der Waals surface area contributed by atoms with E-state index in [0.29, 0.717) is 16.4 Å². The number of nitrogens with two attached hydrogens (primary N) is 1. The Hall–Kier alpha value is -2.37. The van der Waals surface area contributed by atoms with Gasteiger partial charge in [-0.1, -0.05) is 23.7 Å². The summed E-state index contributed by atoms with van der Waals surface area (Å²) in [7, 11) is 0. The SMILES string of the molecule is CC(=O)Nc1ccc(NC(=O)[C@@H](C)[NH2+][C@H](C)c2ccc(Cl)cc2)cc1. The van der Waals surface area contributed by atoms with Gasteiger partial charge in [-0.15, -0.1) is 0 Å². The molecule has 0 aromatic heterocycles. The maximum Gasteiger partial charge on any atom is 0.282 e. The minimum absolute atomic E-state index is 0.0758. The summed E-state index contributed by atoms with van der Waals surface area (Å²) in [6, 6.07) is 14.6. The lowest BCUT2D eigenvalue weighted by atomic mass is 10.1. The van der Waals surface area contributed by atoms with E-state index in [9.17, 15) is 9.59 Å². The zero-order valence-electron chi connectivity index (χ0n) is 14.5. The van der Waals surface area contributed by atoms with Crippen LogP contribution in [0.25, 0.3) is 0 Å². The molecule has 25 heavy (non-hydrogen) atoms. The van der Waals surface area contributed by atoms with Crippen LogP contribution >= 0.6 is 11.6 Å². The van der Waals surface area contributed by atoms with Crippen LogP contribution < -0.4 is 16.0 Å². The third kappa shape index (κ3) is 5.89. The van der Waals surface area contributed by atoms with Gasteiger partial charge in [0.15, 0.2) is 6.04 Å². The number of carbonyl (C=O) groups excluding carboxylic acids is 2. The number of anilines is 2. The lowest BCUT2D eigenvalue weighted by Gasteiger charge is -2.17. The van der Waals surface area contributed by atoms with Crippen LogP contribution in [0.15, 0.2) is 48.5 Å². The van der Waals surface area contributed by atoms with Gasteiger partial charge in [-0.2, -0.15) is 0 Å². The van der Waals surface area contributed by atoms with Crippen molar-refractivity contribution in [3.05, 3.63) is 59.1 Å². The summed E-state index contributed by atoms with van der Waals surface area (Å²) < 4.78 is 0. The number of rotatable bonds is 6. The van der Waals surface area contributed by atoms with Crippen LogP contribution in [0.1, 0.15) is 32.4 Å². The Morgan fingerprint density at radius 1 is 0.920 bits per heavy atom. The maximum absolute atomic E-state index is 12.4. The molecule has 0 saturated carbocycles. The van der Waals surface area contributed by atoms with E-state index in [1.807, 2.05) is 36.5 Å². The molecule has 132 valence electrons. The molecule has 2 rings (SSSR count). The lowest BCUT2D eigenvalue weighted by molar-refractivity contribution is -0.709. The summed E-state index contributed by atoms with van der Waals surface area (Å²) in [6.07, 6.45) is 0. The number of carbonyl (C=O) groups is 2. The molecule has 0 aliphatic rings. The molecule has 0 bridgehead atoms. The van der Waals surface area contributed by atoms with Crippen LogP contribution in [0.4, 0.5) is 11.4 Å². The van der Waals surface area contributed by atoms with Gasteiger partial charge in [0.1, 0.15) is 6.04 Å². The molecule has 2 aromatic rings. The monoisotopic (exact) mass is 360 g/mol. The first-order valence-electron chi connectivity index (χ1n) is 8.14. The highest BCUT2D eigenvalue weighted by atomic mass is 35.5. The molecular weight excluding hydrogens is 338 g/mol. The van der Waals surface area contributed by atoms with Crippen LogP contribution in [0, 0.1) is 0 Å². The Balaban J connectivity index is 1.91. The molecule has 0 heterocycles. The topological polar surface area (TPSA) is 74.8 Å². The molecular formula is C19H23ClN3O2+. The summed E-state index contributed by atoms with van der Waals surface area (Å²) in [5, 5.41) is 8.28. The number of hydrogen-bond acceptors (Lipinski definition) is 2. The Bertz CT molecular complexity index is 729. The van der Waals surface area contributed by atoms with Gasteiger partial charge in [0.05, 0.1) is 0 Å². The fraction of sp³-hybridized carbons (Fsp3) is 0.263. The summed E-state index contributed by atoms with van der Waals surface area (Å²) in [4.78, 5) is 23.4. The average Bonchev–Trinajstić information content (AvgIpc) is 2.56. The summed E-state index contributed by atoms with van der Waals surface area (Å²) in [5.74, 6) is -0.204. The van der Waals surface area contributed by atoms with E-state index in [0.717, 1.165) is 5.56 Å². The molecule has 0 spiro atoms. The van der Waals surface area contributed by atoms with E-state index in [2.05, 4.69) is 17.6 Å². The van der Waals surface area contributed by atoms with Crippen LogP contribution in [0.2, 0.25) is 5.02 Å². The van der Waals surface area contributed by atoms with Crippen molar-refractivity contribution in [2.24, 2.45) is 0 Å². The quantitative estimate of drug-likeness (QED) is 0.740. The minimum Gasteiger partial charge on any atom is -0.330 e. The van der Waals surface area contributed by atoms with E-state index in [4.69, 9.17) is 11.6 Å². The summed E-state index contributed by atoms with van der Waals surface area (Å²) >= 11 is 5.90. The number of nitrogens with one attached hydrogen (secondary N) is 2. The highest BCUT2D eigenvalue weighted by Gasteiger charge is 2.20. The molecule has 0 unspecified atom stereocenters. The summed E-state index contributed by atoms with van der Waals surface area (Å²) in [6.45, 7) is 5.37. The number of halogens is 1. The van der Waals surface area contributed by atoms with Gasteiger partial charge in [0.25, 0.3) is 5.91 Å². The van der Waals surface area contributed by atoms with Crippen LogP contribution in [0.5, 0.6) is 0 Å². The van der Waals surface area contributed by atoms with E-state index < -0.39 is 0 Å². The highest BCUT2D eigenvalue weighted by molar-refractivity contribution is 6.30. The molecule has 0 aliphatic carbocycles. The average molecular weight is 361 g/mol. The van der Waals surface area contributed by atoms with Gasteiger partial charge < -0.3 is 16.0 Å². The first kappa shape index (κ1) is 19.0. The summed E-state index contributed by atoms with van der Waals surface area (Å²) in [5.41, 5.74) is 2.50. The Morgan fingerprint density at radius 3 is 1.96 bits per heavy atom. The van der Waals surface area contributed by atoms with Crippen LogP contribution in [0.3, 0.4) is 0 Å². The molecule has 0 radical (unpaired) electrons. The predicted molar refractivity (Wildman–Crippen MR) is 101 cm³/mol. The van der Waals surface area contributed by atoms with Crippen molar-refractivity contribution in [3.63, 3.8) is 0 Å². The molecule has 2 atom stereocenters. The van der Waals surface area contributed by atoms with Crippen LogP contribution in [-0.2, 0) is 9.59 Å². The third-order valence-corrected chi connectivity index (χ3v) is 4.11. The van der Waals surface area contributed by atoms with Gasteiger partial charge in [-0.3, -0.25) is 9.59 Å². The maximum atomic E-state index is 12.4. The number of hydrogen-bond donors (Lipinski definition) is 3. The fourth-order valence-electron chi connectivity index (χ4n) is 2.49. The Kier molecular flexibility index (Phi) is 6.56. The van der Waals surface area contributed by atoms with Gasteiger partial charge in [-0.25, -0.2) is 0 Å². The fourth-order valence-corrected chi connectivity index (χ4v) is 2.62. The highest BCUT2D eigenvalue weighted by Crippen LogP contribution is 2.15. The van der Waals surface area contributed by atoms with E-state index in [1.165, 1.54) is 6.92 Å². The normalized spacial score (nSPS) is 13.0. The molecule has 4 N–H and O–H groups in total.